The van der Waals surface area contributed by atoms with Crippen molar-refractivity contribution >= 4 is 10.0 Å². The van der Waals surface area contributed by atoms with Crippen LogP contribution in [-0.2, 0) is 16.4 Å². The van der Waals surface area contributed by atoms with E-state index in [4.69, 9.17) is 14.2 Å². The lowest BCUT2D eigenvalue weighted by molar-refractivity contribution is 0.0835. The summed E-state index contributed by atoms with van der Waals surface area (Å²) in [5.74, 6) is 1.76. The average molecular weight is 361 g/mol. The van der Waals surface area contributed by atoms with Gasteiger partial charge in [0.15, 0.2) is 17.7 Å². The van der Waals surface area contributed by atoms with Gasteiger partial charge in [0.1, 0.15) is 12.4 Å². The minimum Gasteiger partial charge on any atom is -0.490 e. The maximum atomic E-state index is 12.9. The van der Waals surface area contributed by atoms with Crippen LogP contribution in [-0.4, -0.2) is 27.4 Å². The topological polar surface area (TPSA) is 73.9 Å². The molecule has 0 bridgehead atoms. The van der Waals surface area contributed by atoms with Crippen molar-refractivity contribution in [2.75, 3.05) is 6.61 Å². The Hall–Kier alpha value is -2.25. The number of sulfonamides is 1. The van der Waals surface area contributed by atoms with E-state index in [1.807, 2.05) is 19.1 Å². The van der Waals surface area contributed by atoms with Crippen LogP contribution in [0.4, 0.5) is 0 Å². The van der Waals surface area contributed by atoms with Gasteiger partial charge in [0, 0.05) is 5.56 Å². The molecular formula is C18H19NO5S. The Balaban J connectivity index is 1.58. The molecule has 0 saturated carbocycles. The molecule has 0 aromatic heterocycles. The Labute approximate surface area is 146 Å². The van der Waals surface area contributed by atoms with E-state index < -0.39 is 16.3 Å². The van der Waals surface area contributed by atoms with Crippen molar-refractivity contribution in [3.8, 4) is 17.2 Å². The van der Waals surface area contributed by atoms with E-state index in [9.17, 15) is 8.42 Å². The third kappa shape index (κ3) is 3.17. The molecule has 1 N–H and O–H groups in total. The maximum absolute atomic E-state index is 12.9. The van der Waals surface area contributed by atoms with Gasteiger partial charge in [-0.2, -0.15) is 4.72 Å². The van der Waals surface area contributed by atoms with Crippen molar-refractivity contribution in [3.05, 3.63) is 48.0 Å². The van der Waals surface area contributed by atoms with Gasteiger partial charge in [0.05, 0.1) is 11.0 Å². The van der Waals surface area contributed by atoms with Crippen molar-refractivity contribution in [2.24, 2.45) is 0 Å². The molecule has 0 saturated heterocycles. The Bertz CT molecular complexity index is 896. The normalized spacial score (nSPS) is 22.0. The second-order valence-corrected chi connectivity index (χ2v) is 7.87. The Morgan fingerprint density at radius 3 is 2.60 bits per heavy atom. The molecule has 0 radical (unpaired) electrons. The maximum Gasteiger partial charge on any atom is 0.244 e. The number of nitrogens with one attached hydrogen (secondary N) is 1. The summed E-state index contributed by atoms with van der Waals surface area (Å²) in [6, 6.07) is 12.3. The van der Waals surface area contributed by atoms with Gasteiger partial charge in [0.2, 0.25) is 10.0 Å². The molecule has 0 amide bonds. The third-order valence-corrected chi connectivity index (χ3v) is 5.84. The Morgan fingerprint density at radius 1 is 1.00 bits per heavy atom. The van der Waals surface area contributed by atoms with Crippen molar-refractivity contribution in [1.82, 2.24) is 4.72 Å². The molecule has 6 nitrogen and oxygen atoms in total. The van der Waals surface area contributed by atoms with Gasteiger partial charge in [-0.25, -0.2) is 8.42 Å². The molecule has 2 aromatic rings. The van der Waals surface area contributed by atoms with E-state index in [0.29, 0.717) is 29.2 Å². The van der Waals surface area contributed by atoms with Gasteiger partial charge in [-0.3, -0.25) is 0 Å². The van der Waals surface area contributed by atoms with Gasteiger partial charge in [-0.15, -0.1) is 0 Å². The highest BCUT2D eigenvalue weighted by molar-refractivity contribution is 7.89. The van der Waals surface area contributed by atoms with Gasteiger partial charge in [-0.1, -0.05) is 18.2 Å². The van der Waals surface area contributed by atoms with Gasteiger partial charge < -0.3 is 14.2 Å². The van der Waals surface area contributed by atoms with Crippen LogP contribution in [0, 0.1) is 0 Å². The number of para-hydroxylation sites is 2. The second-order valence-electron chi connectivity index (χ2n) is 6.19. The third-order valence-electron chi connectivity index (χ3n) is 4.30. The van der Waals surface area contributed by atoms with Crippen LogP contribution in [0.25, 0.3) is 0 Å². The number of benzene rings is 2. The fourth-order valence-electron chi connectivity index (χ4n) is 3.09. The van der Waals surface area contributed by atoms with E-state index in [1.54, 1.807) is 30.3 Å². The van der Waals surface area contributed by atoms with Crippen molar-refractivity contribution < 1.29 is 22.6 Å². The fraction of sp³-hybridized carbons (Fsp3) is 0.333. The molecule has 4 rings (SSSR count). The molecule has 0 spiro atoms. The first-order valence-electron chi connectivity index (χ1n) is 8.22. The molecule has 2 unspecified atom stereocenters. The molecule has 2 atom stereocenters. The fourth-order valence-corrected chi connectivity index (χ4v) is 4.47. The molecule has 0 fully saturated rings. The highest BCUT2D eigenvalue weighted by Gasteiger charge is 2.30. The highest BCUT2D eigenvalue weighted by atomic mass is 32.2. The zero-order valence-corrected chi connectivity index (χ0v) is 14.6. The minimum absolute atomic E-state index is 0.0880. The summed E-state index contributed by atoms with van der Waals surface area (Å²) in [4.78, 5) is 0.236. The Morgan fingerprint density at radius 2 is 1.76 bits per heavy atom. The smallest absolute Gasteiger partial charge is 0.244 e. The zero-order chi connectivity index (χ0) is 17.4. The number of ether oxygens (including phenoxy) is 3. The lowest BCUT2D eigenvalue weighted by Crippen LogP contribution is -2.45. The number of hydrogen-bond donors (Lipinski definition) is 1. The minimum atomic E-state index is -3.76. The largest absolute Gasteiger partial charge is 0.490 e. The van der Waals surface area contributed by atoms with Crippen LogP contribution < -0.4 is 18.9 Å². The molecule has 25 heavy (non-hydrogen) atoms. The summed E-state index contributed by atoms with van der Waals surface area (Å²) >= 11 is 0. The first kappa shape index (κ1) is 16.2. The SMILES string of the molecule is CC1CCc2c(cccc2S(=O)(=O)NC2COc3ccccc3O2)O1. The van der Waals surface area contributed by atoms with E-state index in [2.05, 4.69) is 4.72 Å². The zero-order valence-electron chi connectivity index (χ0n) is 13.8. The van der Waals surface area contributed by atoms with E-state index >= 15 is 0 Å². The predicted molar refractivity (Wildman–Crippen MR) is 91.5 cm³/mol. The monoisotopic (exact) mass is 361 g/mol. The first-order chi connectivity index (χ1) is 12.0. The highest BCUT2D eigenvalue weighted by Crippen LogP contribution is 2.34. The summed E-state index contributed by atoms with van der Waals surface area (Å²) in [6.45, 7) is 2.09. The van der Waals surface area contributed by atoms with Gasteiger partial charge >= 0.3 is 0 Å². The van der Waals surface area contributed by atoms with E-state index in [-0.39, 0.29) is 17.6 Å². The van der Waals surface area contributed by atoms with Crippen LogP contribution >= 0.6 is 0 Å². The van der Waals surface area contributed by atoms with Gasteiger partial charge in [0.25, 0.3) is 0 Å². The summed E-state index contributed by atoms with van der Waals surface area (Å²) < 4.78 is 45.3. The van der Waals surface area contributed by atoms with Crippen molar-refractivity contribution in [3.63, 3.8) is 0 Å². The first-order valence-corrected chi connectivity index (χ1v) is 9.70. The average Bonchev–Trinajstić information content (AvgIpc) is 2.60. The van der Waals surface area contributed by atoms with E-state index in [1.165, 1.54) is 0 Å². The van der Waals surface area contributed by atoms with Crippen LogP contribution in [0.1, 0.15) is 18.9 Å². The van der Waals surface area contributed by atoms with Crippen molar-refractivity contribution in [2.45, 2.75) is 37.0 Å². The van der Waals surface area contributed by atoms with Crippen LogP contribution in [0.15, 0.2) is 47.4 Å². The number of rotatable bonds is 3. The van der Waals surface area contributed by atoms with Crippen LogP contribution in [0.5, 0.6) is 17.2 Å². The molecular weight excluding hydrogens is 342 g/mol. The van der Waals surface area contributed by atoms with Crippen LogP contribution in [0.3, 0.4) is 0 Å². The van der Waals surface area contributed by atoms with Crippen molar-refractivity contribution in [1.29, 1.82) is 0 Å². The number of hydrogen-bond acceptors (Lipinski definition) is 5. The summed E-state index contributed by atoms with van der Waals surface area (Å²) in [6.07, 6.45) is 0.762. The van der Waals surface area contributed by atoms with Gasteiger partial charge in [-0.05, 0) is 44.0 Å². The Kier molecular flexibility index (Phi) is 4.05. The lowest BCUT2D eigenvalue weighted by atomic mass is 10.0. The number of fused-ring (bicyclic) bond motifs is 2. The molecule has 2 aromatic carbocycles. The predicted octanol–water partition coefficient (Wildman–Crippen LogP) is 2.48. The summed E-state index contributed by atoms with van der Waals surface area (Å²) in [5, 5.41) is 0. The summed E-state index contributed by atoms with van der Waals surface area (Å²) in [5.41, 5.74) is 0.713. The molecule has 132 valence electrons. The standard InChI is InChI=1S/C18H19NO5S/c1-12-9-10-13-14(23-12)7-4-8-17(13)25(20,21)19-18-11-22-15-5-2-3-6-16(15)24-18/h2-8,12,18-19H,9-11H2,1H3. The van der Waals surface area contributed by atoms with E-state index in [0.717, 1.165) is 6.42 Å². The lowest BCUT2D eigenvalue weighted by Gasteiger charge is -2.28. The quantitative estimate of drug-likeness (QED) is 0.909. The second kappa shape index (κ2) is 6.24. The molecule has 0 aliphatic carbocycles. The molecule has 7 heteroatoms. The molecule has 2 heterocycles. The molecule has 2 aliphatic rings. The molecule has 2 aliphatic heterocycles. The summed E-state index contributed by atoms with van der Waals surface area (Å²) in [7, 11) is -3.76. The van der Waals surface area contributed by atoms with Crippen LogP contribution in [0.2, 0.25) is 0 Å².